The summed E-state index contributed by atoms with van der Waals surface area (Å²) < 4.78 is 1.84. The van der Waals surface area contributed by atoms with E-state index in [2.05, 4.69) is 31.4 Å². The van der Waals surface area contributed by atoms with Gasteiger partial charge in [0, 0.05) is 23.7 Å². The molecule has 0 saturated heterocycles. The third-order valence-electron chi connectivity index (χ3n) is 5.25. The molecule has 176 valence electrons. The molecule has 1 heterocycles. The van der Waals surface area contributed by atoms with Crippen LogP contribution in [0, 0.1) is 13.8 Å². The molecule has 7 heteroatoms. The van der Waals surface area contributed by atoms with Gasteiger partial charge in [0.2, 0.25) is 5.91 Å². The number of nitrogens with zero attached hydrogens (tertiary/aromatic N) is 3. The van der Waals surface area contributed by atoms with E-state index in [4.69, 9.17) is 5.10 Å². The fourth-order valence-corrected chi connectivity index (χ4v) is 3.25. The monoisotopic (exact) mass is 441 g/mol. The topological polar surface area (TPSA) is 79.3 Å². The number of nitrogens with one attached hydrogen (secondary N) is 2. The molecule has 0 saturated carbocycles. The molecule has 2 N–H and O–H groups in total. The van der Waals surface area contributed by atoms with Crippen LogP contribution in [0.3, 0.4) is 0 Å². The normalized spacial score (nSPS) is 11.9. The molecule has 1 aromatic heterocycles. The highest BCUT2D eigenvalue weighted by Crippen LogP contribution is 2.28. The second kappa shape index (κ2) is 9.76. The fraction of sp³-hybridized carbons (Fsp3) is 0.560. The molecular formula is C25H39N5O2. The number of hydrogen-bond acceptors (Lipinski definition) is 3. The van der Waals surface area contributed by atoms with E-state index in [0.717, 1.165) is 28.9 Å². The first-order chi connectivity index (χ1) is 14.7. The van der Waals surface area contributed by atoms with Crippen LogP contribution in [0.2, 0.25) is 0 Å². The summed E-state index contributed by atoms with van der Waals surface area (Å²) in [5.74, 6) is 0.387. The van der Waals surface area contributed by atoms with Crippen molar-refractivity contribution in [3.8, 4) is 0 Å². The molecule has 0 aliphatic carbocycles. The number of amides is 3. The first-order valence-corrected chi connectivity index (χ1v) is 11.3. The van der Waals surface area contributed by atoms with Gasteiger partial charge in [-0.15, -0.1) is 0 Å². The molecule has 0 aliphatic heterocycles. The Bertz CT molecular complexity index is 964. The van der Waals surface area contributed by atoms with Gasteiger partial charge in [0.15, 0.2) is 0 Å². The molecule has 0 aliphatic rings. The molecule has 32 heavy (non-hydrogen) atoms. The van der Waals surface area contributed by atoms with Gasteiger partial charge in [-0.25, -0.2) is 9.48 Å². The minimum absolute atomic E-state index is 0.0370. The lowest BCUT2D eigenvalue weighted by atomic mass is 9.92. The summed E-state index contributed by atoms with van der Waals surface area (Å²) in [6.45, 7) is 18.9. The van der Waals surface area contributed by atoms with E-state index < -0.39 is 0 Å². The molecule has 0 spiro atoms. The number of carbonyl (C=O) groups excluding carboxylic acids is 2. The first kappa shape index (κ1) is 25.4. The summed E-state index contributed by atoms with van der Waals surface area (Å²) >= 11 is 0. The van der Waals surface area contributed by atoms with E-state index in [0.29, 0.717) is 12.4 Å². The van der Waals surface area contributed by atoms with Crippen LogP contribution in [0.4, 0.5) is 16.3 Å². The van der Waals surface area contributed by atoms with E-state index in [-0.39, 0.29) is 29.4 Å². The van der Waals surface area contributed by atoms with Gasteiger partial charge >= 0.3 is 6.03 Å². The summed E-state index contributed by atoms with van der Waals surface area (Å²) in [6, 6.07) is 7.42. The zero-order chi connectivity index (χ0) is 24.3. The average Bonchev–Trinajstić information content (AvgIpc) is 3.09. The maximum atomic E-state index is 12.9. The van der Waals surface area contributed by atoms with E-state index >= 15 is 0 Å². The summed E-state index contributed by atoms with van der Waals surface area (Å²) in [5, 5.41) is 10.6. The largest absolute Gasteiger partial charge is 0.322 e. The van der Waals surface area contributed by atoms with Crippen LogP contribution in [0.1, 0.15) is 71.7 Å². The van der Waals surface area contributed by atoms with Crippen molar-refractivity contribution in [3.63, 3.8) is 0 Å². The highest BCUT2D eigenvalue weighted by atomic mass is 16.2. The van der Waals surface area contributed by atoms with E-state index in [1.165, 1.54) is 4.90 Å². The number of rotatable bonds is 6. The van der Waals surface area contributed by atoms with Crippen LogP contribution < -0.4 is 10.6 Å². The maximum Gasteiger partial charge on any atom is 0.322 e. The number of urea groups is 1. The minimum Gasteiger partial charge on any atom is -0.315 e. The molecule has 1 aromatic carbocycles. The van der Waals surface area contributed by atoms with Gasteiger partial charge in [0.05, 0.1) is 11.2 Å². The van der Waals surface area contributed by atoms with Crippen LogP contribution in [0.5, 0.6) is 0 Å². The Morgan fingerprint density at radius 1 is 1.00 bits per heavy atom. The van der Waals surface area contributed by atoms with Gasteiger partial charge in [-0.1, -0.05) is 33.8 Å². The molecule has 0 fully saturated rings. The number of carbonyl (C=O) groups is 2. The smallest absolute Gasteiger partial charge is 0.315 e. The van der Waals surface area contributed by atoms with Gasteiger partial charge < -0.3 is 15.5 Å². The quantitative estimate of drug-likeness (QED) is 0.627. The van der Waals surface area contributed by atoms with Crippen LogP contribution in [0.15, 0.2) is 24.3 Å². The van der Waals surface area contributed by atoms with E-state index in [1.807, 2.05) is 70.5 Å². The SMILES string of the molecule is CCCN(CC(=O)Nc1cc(C(C)(C)C)nn1C(C)(C)C)C(=O)Nc1ccc(C)c(C)c1. The molecular weight excluding hydrogens is 402 g/mol. The molecule has 2 aromatic rings. The molecule has 2 rings (SSSR count). The fourth-order valence-electron chi connectivity index (χ4n) is 3.25. The van der Waals surface area contributed by atoms with Crippen molar-refractivity contribution in [2.45, 2.75) is 79.7 Å². The lowest BCUT2D eigenvalue weighted by Crippen LogP contribution is -2.41. The highest BCUT2D eigenvalue weighted by molar-refractivity contribution is 5.96. The van der Waals surface area contributed by atoms with Gasteiger partial charge in [-0.05, 0) is 64.3 Å². The zero-order valence-corrected chi connectivity index (χ0v) is 21.1. The highest BCUT2D eigenvalue weighted by Gasteiger charge is 2.26. The molecule has 0 unspecified atom stereocenters. The predicted octanol–water partition coefficient (Wildman–Crippen LogP) is 5.44. The number of benzene rings is 1. The number of anilines is 2. The summed E-state index contributed by atoms with van der Waals surface area (Å²) in [7, 11) is 0. The van der Waals surface area contributed by atoms with Crippen molar-refractivity contribution in [2.24, 2.45) is 0 Å². The average molecular weight is 442 g/mol. The van der Waals surface area contributed by atoms with Crippen molar-refractivity contribution in [3.05, 3.63) is 41.1 Å². The lowest BCUT2D eigenvalue weighted by molar-refractivity contribution is -0.116. The first-order valence-electron chi connectivity index (χ1n) is 11.3. The molecule has 0 atom stereocenters. The predicted molar refractivity (Wildman–Crippen MR) is 131 cm³/mol. The summed E-state index contributed by atoms with van der Waals surface area (Å²) in [5.41, 5.74) is 3.46. The number of aromatic nitrogens is 2. The Balaban J connectivity index is 2.17. The second-order valence-corrected chi connectivity index (χ2v) is 10.4. The zero-order valence-electron chi connectivity index (χ0n) is 21.1. The minimum atomic E-state index is -0.296. The Kier molecular flexibility index (Phi) is 7.75. The summed E-state index contributed by atoms with van der Waals surface area (Å²) in [4.78, 5) is 27.3. The van der Waals surface area contributed by atoms with Gasteiger partial charge in [0.25, 0.3) is 0 Å². The third-order valence-corrected chi connectivity index (χ3v) is 5.25. The maximum absolute atomic E-state index is 12.9. The Morgan fingerprint density at radius 2 is 1.66 bits per heavy atom. The Hall–Kier alpha value is -2.83. The van der Waals surface area contributed by atoms with Crippen LogP contribution in [0.25, 0.3) is 0 Å². The van der Waals surface area contributed by atoms with E-state index in [1.54, 1.807) is 0 Å². The van der Waals surface area contributed by atoms with E-state index in [9.17, 15) is 9.59 Å². The molecule has 7 nitrogen and oxygen atoms in total. The van der Waals surface area contributed by atoms with Crippen LogP contribution in [-0.4, -0.2) is 39.7 Å². The van der Waals surface area contributed by atoms with Crippen molar-refractivity contribution in [1.29, 1.82) is 0 Å². The molecule has 0 bridgehead atoms. The second-order valence-electron chi connectivity index (χ2n) is 10.4. The Morgan fingerprint density at radius 3 is 2.19 bits per heavy atom. The van der Waals surface area contributed by atoms with Gasteiger partial charge in [-0.3, -0.25) is 4.79 Å². The standard InChI is InChI=1S/C25H39N5O2/c1-10-13-29(23(32)26-19-12-11-17(2)18(3)14-19)16-22(31)27-21-15-20(24(4,5)6)28-30(21)25(7,8)9/h11-12,14-15H,10,13,16H2,1-9H3,(H,26,32)(H,27,31). The summed E-state index contributed by atoms with van der Waals surface area (Å²) in [6.07, 6.45) is 0.752. The number of aryl methyl sites for hydroxylation is 2. The van der Waals surface area contributed by atoms with Crippen LogP contribution in [-0.2, 0) is 15.7 Å². The lowest BCUT2D eigenvalue weighted by Gasteiger charge is -2.24. The Labute approximate surface area is 192 Å². The number of hydrogen-bond donors (Lipinski definition) is 2. The van der Waals surface area contributed by atoms with Crippen LogP contribution >= 0.6 is 0 Å². The van der Waals surface area contributed by atoms with Crippen molar-refractivity contribution in [1.82, 2.24) is 14.7 Å². The van der Waals surface area contributed by atoms with Gasteiger partial charge in [-0.2, -0.15) is 5.10 Å². The van der Waals surface area contributed by atoms with Gasteiger partial charge in [0.1, 0.15) is 12.4 Å². The van der Waals surface area contributed by atoms with Crippen molar-refractivity contribution >= 4 is 23.4 Å². The van der Waals surface area contributed by atoms with Crippen molar-refractivity contribution in [2.75, 3.05) is 23.7 Å². The third kappa shape index (κ3) is 6.58. The molecule has 0 radical (unpaired) electrons. The molecule has 3 amide bonds. The van der Waals surface area contributed by atoms with Crippen molar-refractivity contribution < 1.29 is 9.59 Å².